The summed E-state index contributed by atoms with van der Waals surface area (Å²) in [7, 11) is 0. The van der Waals surface area contributed by atoms with Crippen LogP contribution in [0.3, 0.4) is 0 Å². The van der Waals surface area contributed by atoms with E-state index in [1.165, 1.54) is 6.07 Å². The molecule has 0 radical (unpaired) electrons. The van der Waals surface area contributed by atoms with Gasteiger partial charge in [0.15, 0.2) is 0 Å². The molecule has 1 heterocycles. The maximum Gasteiger partial charge on any atom is 0.132 e. The highest BCUT2D eigenvalue weighted by atomic mass is 79.9. The van der Waals surface area contributed by atoms with Crippen molar-refractivity contribution in [1.82, 2.24) is 0 Å². The molecule has 4 heteroatoms. The molecule has 0 bridgehead atoms. The Morgan fingerprint density at radius 1 is 1.14 bits per heavy atom. The van der Waals surface area contributed by atoms with E-state index >= 15 is 0 Å². The number of carbonyl (C=O) groups excluding carboxylic acids is 1. The van der Waals surface area contributed by atoms with Crippen LogP contribution in [-0.2, 0) is 4.79 Å². The van der Waals surface area contributed by atoms with Crippen molar-refractivity contribution in [2.24, 2.45) is 0 Å². The molecule has 1 atom stereocenters. The summed E-state index contributed by atoms with van der Waals surface area (Å²) in [4.78, 5) is 11.7. The first-order valence-electron chi connectivity index (χ1n) is 6.52. The summed E-state index contributed by atoms with van der Waals surface area (Å²) >= 11 is 3.36. The minimum absolute atomic E-state index is 0.360. The fraction of sp³-hybridized carbons (Fsp3) is 0.118. The SMILES string of the molecule is O=CC1C(c2ccccc2F)=C(CBr)Oc2ccccc21. The molecular formula is C17H12BrFO2. The molecule has 3 rings (SSSR count). The summed E-state index contributed by atoms with van der Waals surface area (Å²) in [6, 6.07) is 13.8. The van der Waals surface area contributed by atoms with Gasteiger partial charge in [0.05, 0.1) is 11.2 Å². The van der Waals surface area contributed by atoms with E-state index in [9.17, 15) is 9.18 Å². The van der Waals surface area contributed by atoms with Gasteiger partial charge in [0.1, 0.15) is 23.6 Å². The third-order valence-corrected chi connectivity index (χ3v) is 4.03. The van der Waals surface area contributed by atoms with Gasteiger partial charge < -0.3 is 9.53 Å². The van der Waals surface area contributed by atoms with E-state index in [0.717, 1.165) is 11.8 Å². The van der Waals surface area contributed by atoms with Crippen LogP contribution in [0.5, 0.6) is 5.75 Å². The van der Waals surface area contributed by atoms with Crippen LogP contribution in [0.25, 0.3) is 5.57 Å². The third kappa shape index (κ3) is 2.40. The van der Waals surface area contributed by atoms with Gasteiger partial charge in [-0.1, -0.05) is 52.3 Å². The van der Waals surface area contributed by atoms with Crippen molar-refractivity contribution in [3.63, 3.8) is 0 Å². The van der Waals surface area contributed by atoms with E-state index in [0.29, 0.717) is 28.0 Å². The smallest absolute Gasteiger partial charge is 0.132 e. The zero-order valence-corrected chi connectivity index (χ0v) is 12.6. The van der Waals surface area contributed by atoms with E-state index in [-0.39, 0.29) is 5.82 Å². The molecule has 0 amide bonds. The first-order valence-corrected chi connectivity index (χ1v) is 7.64. The Morgan fingerprint density at radius 2 is 1.86 bits per heavy atom. The number of ether oxygens (including phenoxy) is 1. The predicted octanol–water partition coefficient (Wildman–Crippen LogP) is 4.31. The van der Waals surface area contributed by atoms with Gasteiger partial charge in [-0.25, -0.2) is 4.39 Å². The quantitative estimate of drug-likeness (QED) is 0.611. The van der Waals surface area contributed by atoms with Crippen molar-refractivity contribution >= 4 is 27.8 Å². The van der Waals surface area contributed by atoms with E-state index in [2.05, 4.69) is 15.9 Å². The number of benzene rings is 2. The minimum atomic E-state index is -0.528. The molecule has 0 saturated carbocycles. The lowest BCUT2D eigenvalue weighted by atomic mass is 9.84. The summed E-state index contributed by atoms with van der Waals surface area (Å²) in [6.45, 7) is 0. The second-order valence-corrected chi connectivity index (χ2v) is 5.26. The van der Waals surface area contributed by atoms with Gasteiger partial charge in [-0.2, -0.15) is 0 Å². The fourth-order valence-electron chi connectivity index (χ4n) is 2.59. The summed E-state index contributed by atoms with van der Waals surface area (Å²) in [5.41, 5.74) is 1.74. The number of aldehydes is 1. The maximum absolute atomic E-state index is 14.1. The number of para-hydroxylation sites is 1. The monoisotopic (exact) mass is 346 g/mol. The molecule has 2 aromatic carbocycles. The van der Waals surface area contributed by atoms with Gasteiger partial charge in [0.25, 0.3) is 0 Å². The predicted molar refractivity (Wildman–Crippen MR) is 83.0 cm³/mol. The molecule has 1 aliphatic rings. The van der Waals surface area contributed by atoms with E-state index < -0.39 is 5.92 Å². The van der Waals surface area contributed by atoms with Crippen LogP contribution in [0, 0.1) is 5.82 Å². The first-order chi connectivity index (χ1) is 10.3. The Hall–Kier alpha value is -1.94. The number of hydrogen-bond donors (Lipinski definition) is 0. The number of allylic oxidation sites excluding steroid dienone is 2. The zero-order chi connectivity index (χ0) is 14.8. The van der Waals surface area contributed by atoms with Gasteiger partial charge in [0.2, 0.25) is 0 Å². The van der Waals surface area contributed by atoms with Crippen LogP contribution in [0.2, 0.25) is 0 Å². The highest BCUT2D eigenvalue weighted by Crippen LogP contribution is 2.43. The van der Waals surface area contributed by atoms with Gasteiger partial charge in [-0.3, -0.25) is 0 Å². The van der Waals surface area contributed by atoms with Crippen LogP contribution >= 0.6 is 15.9 Å². The number of carbonyl (C=O) groups is 1. The van der Waals surface area contributed by atoms with E-state index in [1.807, 2.05) is 24.3 Å². The number of hydrogen-bond acceptors (Lipinski definition) is 2. The fourth-order valence-corrected chi connectivity index (χ4v) is 3.00. The van der Waals surface area contributed by atoms with Crippen molar-refractivity contribution in [1.29, 1.82) is 0 Å². The topological polar surface area (TPSA) is 26.3 Å². The largest absolute Gasteiger partial charge is 0.460 e. The van der Waals surface area contributed by atoms with Crippen LogP contribution in [-0.4, -0.2) is 11.6 Å². The summed E-state index contributed by atoms with van der Waals surface area (Å²) in [6.07, 6.45) is 0.839. The number of rotatable bonds is 3. The van der Waals surface area contributed by atoms with Crippen LogP contribution in [0.1, 0.15) is 17.0 Å². The maximum atomic E-state index is 14.1. The third-order valence-electron chi connectivity index (χ3n) is 3.52. The average molecular weight is 347 g/mol. The number of fused-ring (bicyclic) bond motifs is 1. The molecule has 1 unspecified atom stereocenters. The standard InChI is InChI=1S/C17H12BrFO2/c18-9-16-17(12-6-1-3-7-14(12)19)13(10-20)11-5-2-4-8-15(11)21-16/h1-8,10,13H,9H2. The van der Waals surface area contributed by atoms with E-state index in [1.54, 1.807) is 18.2 Å². The molecule has 0 saturated heterocycles. The minimum Gasteiger partial charge on any atom is -0.460 e. The van der Waals surface area contributed by atoms with Crippen LogP contribution in [0.15, 0.2) is 54.3 Å². The summed E-state index contributed by atoms with van der Waals surface area (Å²) in [5.74, 6) is 0.320. The Balaban J connectivity index is 2.23. The molecular weight excluding hydrogens is 335 g/mol. The van der Waals surface area contributed by atoms with Crippen molar-refractivity contribution in [2.75, 3.05) is 5.33 Å². The van der Waals surface area contributed by atoms with Crippen LogP contribution < -0.4 is 4.74 Å². The Morgan fingerprint density at radius 3 is 2.57 bits per heavy atom. The summed E-state index contributed by atoms with van der Waals surface area (Å²) < 4.78 is 20.0. The normalized spacial score (nSPS) is 17.1. The Kier molecular flexibility index (Phi) is 3.88. The van der Waals surface area contributed by atoms with Gasteiger partial charge in [0, 0.05) is 16.7 Å². The zero-order valence-electron chi connectivity index (χ0n) is 11.1. The molecule has 0 N–H and O–H groups in total. The van der Waals surface area contributed by atoms with Gasteiger partial charge in [-0.05, 0) is 12.1 Å². The molecule has 106 valence electrons. The highest BCUT2D eigenvalue weighted by molar-refractivity contribution is 9.09. The molecule has 0 aliphatic carbocycles. The molecule has 2 aromatic rings. The molecule has 0 spiro atoms. The second-order valence-electron chi connectivity index (χ2n) is 4.70. The second kappa shape index (κ2) is 5.82. The van der Waals surface area contributed by atoms with Crippen molar-refractivity contribution in [2.45, 2.75) is 5.92 Å². The average Bonchev–Trinajstić information content (AvgIpc) is 2.53. The molecule has 2 nitrogen and oxygen atoms in total. The summed E-state index contributed by atoms with van der Waals surface area (Å²) in [5, 5.41) is 0.412. The lowest BCUT2D eigenvalue weighted by Crippen LogP contribution is -2.17. The molecule has 1 aliphatic heterocycles. The first kappa shape index (κ1) is 14.0. The van der Waals surface area contributed by atoms with Crippen molar-refractivity contribution in [3.8, 4) is 5.75 Å². The van der Waals surface area contributed by atoms with Gasteiger partial charge in [-0.15, -0.1) is 0 Å². The lowest BCUT2D eigenvalue weighted by molar-refractivity contribution is -0.108. The molecule has 21 heavy (non-hydrogen) atoms. The Labute approximate surface area is 130 Å². The van der Waals surface area contributed by atoms with E-state index in [4.69, 9.17) is 4.74 Å². The highest BCUT2D eigenvalue weighted by Gasteiger charge is 2.31. The van der Waals surface area contributed by atoms with Crippen molar-refractivity contribution < 1.29 is 13.9 Å². The molecule has 0 fully saturated rings. The number of alkyl halides is 1. The molecule has 0 aromatic heterocycles. The van der Waals surface area contributed by atoms with Crippen LogP contribution in [0.4, 0.5) is 4.39 Å². The number of halogens is 2. The lowest BCUT2D eigenvalue weighted by Gasteiger charge is -2.27. The van der Waals surface area contributed by atoms with Gasteiger partial charge >= 0.3 is 0 Å². The van der Waals surface area contributed by atoms with Crippen molar-refractivity contribution in [3.05, 3.63) is 71.2 Å². The Bertz CT molecular complexity index is 724.